The van der Waals surface area contributed by atoms with Crippen molar-refractivity contribution in [1.29, 1.82) is 0 Å². The van der Waals surface area contributed by atoms with Crippen molar-refractivity contribution in [2.45, 2.75) is 45.4 Å². The average molecular weight is 609 g/mol. The van der Waals surface area contributed by atoms with Crippen LogP contribution in [0.4, 0.5) is 0 Å². The molecule has 6 heterocycles. The largest absolute Gasteiger partial charge is 0.494 e. The molecule has 0 saturated heterocycles. The van der Waals surface area contributed by atoms with Gasteiger partial charge in [0.25, 0.3) is 0 Å². The fourth-order valence-corrected chi connectivity index (χ4v) is 6.28. The van der Waals surface area contributed by atoms with Crippen LogP contribution in [0.5, 0.6) is 5.75 Å². The molecule has 1 N–H and O–H groups in total. The van der Waals surface area contributed by atoms with Gasteiger partial charge in [-0.05, 0) is 84.9 Å². The minimum Gasteiger partial charge on any atom is -0.494 e. The maximum atomic E-state index is 6.08. The summed E-state index contributed by atoms with van der Waals surface area (Å²) in [5.74, 6) is 1.93. The Kier molecular flexibility index (Phi) is 8.38. The molecule has 0 fully saturated rings. The molecule has 5 aliphatic rings. The third kappa shape index (κ3) is 6.18. The van der Waals surface area contributed by atoms with E-state index in [1.54, 1.807) is 0 Å². The molecule has 5 aliphatic heterocycles. The molecule has 0 spiro atoms. The van der Waals surface area contributed by atoms with Gasteiger partial charge in [0, 0.05) is 43.5 Å². The molecule has 0 saturated carbocycles. The van der Waals surface area contributed by atoms with Crippen molar-refractivity contribution in [2.24, 2.45) is 15.0 Å². The van der Waals surface area contributed by atoms with Gasteiger partial charge < -0.3 is 19.5 Å². The van der Waals surface area contributed by atoms with Crippen molar-refractivity contribution in [1.82, 2.24) is 14.8 Å². The summed E-state index contributed by atoms with van der Waals surface area (Å²) >= 11 is 0. The zero-order valence-corrected chi connectivity index (χ0v) is 26.8. The molecule has 0 atom stereocenters. The van der Waals surface area contributed by atoms with Gasteiger partial charge in [0.15, 0.2) is 0 Å². The van der Waals surface area contributed by atoms with Crippen LogP contribution in [0.1, 0.15) is 62.4 Å². The van der Waals surface area contributed by atoms with Crippen molar-refractivity contribution in [3.63, 3.8) is 0 Å². The summed E-state index contributed by atoms with van der Waals surface area (Å²) < 4.78 is 6.08. The number of rotatable bonds is 9. The Bertz CT molecular complexity index is 1850. The lowest BCUT2D eigenvalue weighted by molar-refractivity contribution is 0.304. The maximum Gasteiger partial charge on any atom is 0.123 e. The first-order valence-corrected chi connectivity index (χ1v) is 16.4. The van der Waals surface area contributed by atoms with Crippen LogP contribution in [0.2, 0.25) is 0 Å². The van der Waals surface area contributed by atoms with E-state index in [1.807, 2.05) is 38.6 Å². The van der Waals surface area contributed by atoms with E-state index in [1.165, 1.54) is 32.1 Å². The number of hydrogen-bond acceptors (Lipinski definition) is 6. The maximum absolute atomic E-state index is 6.08. The van der Waals surface area contributed by atoms with E-state index in [0.717, 1.165) is 86.9 Å². The zero-order valence-electron chi connectivity index (χ0n) is 26.8. The van der Waals surface area contributed by atoms with Crippen molar-refractivity contribution < 1.29 is 4.74 Å². The molecule has 7 rings (SSSR count). The van der Waals surface area contributed by atoms with Gasteiger partial charge in [-0.2, -0.15) is 0 Å². The van der Waals surface area contributed by atoms with E-state index in [2.05, 4.69) is 94.6 Å². The minimum absolute atomic E-state index is 0.749. The third-order valence-corrected chi connectivity index (χ3v) is 8.65. The molecule has 0 amide bonds. The topological polar surface area (TPSA) is 68.6 Å². The first-order valence-electron chi connectivity index (χ1n) is 16.4. The summed E-state index contributed by atoms with van der Waals surface area (Å²) in [5.41, 5.74) is 10.3. The lowest BCUT2D eigenvalue weighted by Crippen LogP contribution is -2.24. The summed E-state index contributed by atoms with van der Waals surface area (Å²) in [4.78, 5) is 23.0. The normalized spacial score (nSPS) is 18.1. The first-order chi connectivity index (χ1) is 22.6. The second-order valence-corrected chi connectivity index (χ2v) is 12.1. The highest BCUT2D eigenvalue weighted by molar-refractivity contribution is 6.33. The van der Waals surface area contributed by atoms with E-state index in [9.17, 15) is 0 Å². The number of hydrogen-bond donors (Lipinski definition) is 1. The van der Waals surface area contributed by atoms with Gasteiger partial charge in [-0.1, -0.05) is 51.2 Å². The van der Waals surface area contributed by atoms with Gasteiger partial charge in [-0.25, -0.2) is 15.0 Å². The molecule has 0 radical (unpaired) electrons. The number of aliphatic imine (C=N–C) groups is 3. The molecule has 0 unspecified atom stereocenters. The van der Waals surface area contributed by atoms with Gasteiger partial charge in [0.1, 0.15) is 11.6 Å². The number of aromatic amines is 1. The summed E-state index contributed by atoms with van der Waals surface area (Å²) in [7, 11) is 4.10. The zero-order chi connectivity index (χ0) is 31.5. The molecule has 2 aromatic rings. The highest BCUT2D eigenvalue weighted by atomic mass is 16.5. The molecule has 8 bridgehead atoms. The Morgan fingerprint density at radius 1 is 0.674 bits per heavy atom. The predicted molar refractivity (Wildman–Crippen MR) is 190 cm³/mol. The Morgan fingerprint density at radius 3 is 2.11 bits per heavy atom. The fraction of sp³-hybridized carbons (Fsp3) is 0.256. The van der Waals surface area contributed by atoms with E-state index >= 15 is 0 Å². The lowest BCUT2D eigenvalue weighted by Gasteiger charge is -2.22. The van der Waals surface area contributed by atoms with Crippen LogP contribution in [0, 0.1) is 0 Å². The lowest BCUT2D eigenvalue weighted by atomic mass is 10.0. The molecule has 1 aromatic carbocycles. The van der Waals surface area contributed by atoms with Crippen molar-refractivity contribution in [3.05, 3.63) is 137 Å². The van der Waals surface area contributed by atoms with Crippen LogP contribution >= 0.6 is 0 Å². The second kappa shape index (κ2) is 13.1. The Hall–Kier alpha value is -5.17. The molecule has 7 heteroatoms. The summed E-state index contributed by atoms with van der Waals surface area (Å²) in [5, 5.41) is 0. The molecular formula is C39H40N6O. The number of H-pyrrole nitrogens is 1. The van der Waals surface area contributed by atoms with Crippen LogP contribution in [-0.4, -0.2) is 52.6 Å². The third-order valence-electron chi connectivity index (χ3n) is 8.65. The number of ether oxygens (including phenoxy) is 1. The summed E-state index contributed by atoms with van der Waals surface area (Å²) in [6, 6.07) is 12.6. The summed E-state index contributed by atoms with van der Waals surface area (Å²) in [6.45, 7) is 3.00. The Balaban J connectivity index is 1.23. The van der Waals surface area contributed by atoms with Gasteiger partial charge in [0.2, 0.25) is 0 Å². The molecule has 232 valence electrons. The fourth-order valence-electron chi connectivity index (χ4n) is 6.28. The number of nitrogens with zero attached hydrogens (tertiary/aromatic N) is 5. The number of benzene rings is 1. The van der Waals surface area contributed by atoms with E-state index in [-0.39, 0.29) is 0 Å². The second-order valence-electron chi connectivity index (χ2n) is 12.1. The number of unbranched alkanes of at least 4 members (excludes halogenated alkanes) is 5. The van der Waals surface area contributed by atoms with Crippen LogP contribution in [0.15, 0.2) is 135 Å². The highest BCUT2D eigenvalue weighted by Gasteiger charge is 2.27. The van der Waals surface area contributed by atoms with E-state index < -0.39 is 0 Å². The first kappa shape index (κ1) is 29.5. The van der Waals surface area contributed by atoms with Crippen molar-refractivity contribution in [2.75, 3.05) is 20.7 Å². The van der Waals surface area contributed by atoms with E-state index in [0.29, 0.717) is 0 Å². The van der Waals surface area contributed by atoms with Crippen LogP contribution < -0.4 is 4.74 Å². The molecule has 46 heavy (non-hydrogen) atoms. The number of fused-ring (bicyclic) bond motifs is 5. The molecule has 1 aromatic heterocycles. The standard InChI is InChI=1S/C39H40N6O/c1-4-5-6-7-8-9-24-46-32-16-10-27(11-17-32)37-33-18-12-28(40-33)25-30-14-20-35(42-30)38(39-44(2)22-23-45(39)3)36-21-15-31(43-36)26-29-13-19-34(37)41-29/h10-23,25-26,40H,4-9,24H2,1-3H3. The quantitative estimate of drug-likeness (QED) is 0.291. The van der Waals surface area contributed by atoms with Gasteiger partial charge in [-0.3, -0.25) is 0 Å². The summed E-state index contributed by atoms with van der Waals surface area (Å²) in [6.07, 6.45) is 28.1. The SMILES string of the molecule is CCCCCCCCOc1ccc(C2=C3C=CC(=N3)C=C3C=CC(=N3)C(=C3N(C)C=CN3C)C3=NC(=Cc4ccc2[nH]4)C=C3)cc1. The van der Waals surface area contributed by atoms with Crippen molar-refractivity contribution in [3.8, 4) is 5.75 Å². The monoisotopic (exact) mass is 608 g/mol. The Labute approximate surface area is 271 Å². The number of allylic oxidation sites excluding steroid dienone is 8. The van der Waals surface area contributed by atoms with Crippen LogP contribution in [0.25, 0.3) is 11.6 Å². The van der Waals surface area contributed by atoms with Crippen molar-refractivity contribution >= 4 is 28.8 Å². The van der Waals surface area contributed by atoms with Crippen LogP contribution in [-0.2, 0) is 0 Å². The van der Waals surface area contributed by atoms with Crippen LogP contribution in [0.3, 0.4) is 0 Å². The number of nitrogens with one attached hydrogen (secondary N) is 1. The number of aromatic nitrogens is 1. The molecular weight excluding hydrogens is 568 g/mol. The highest BCUT2D eigenvalue weighted by Crippen LogP contribution is 2.33. The van der Waals surface area contributed by atoms with Gasteiger partial charge in [0.05, 0.1) is 46.4 Å². The molecule has 7 nitrogen and oxygen atoms in total. The molecule has 0 aliphatic carbocycles. The minimum atomic E-state index is 0.749. The smallest absolute Gasteiger partial charge is 0.123 e. The van der Waals surface area contributed by atoms with Gasteiger partial charge in [-0.15, -0.1) is 0 Å². The average Bonchev–Trinajstić information content (AvgIpc) is 3.91. The Morgan fingerprint density at radius 2 is 1.37 bits per heavy atom. The van der Waals surface area contributed by atoms with Gasteiger partial charge >= 0.3 is 0 Å². The predicted octanol–water partition coefficient (Wildman–Crippen LogP) is 8.34. The van der Waals surface area contributed by atoms with E-state index in [4.69, 9.17) is 19.7 Å².